The average Bonchev–Trinajstić information content (AvgIpc) is 2.71. The van der Waals surface area contributed by atoms with E-state index in [1.54, 1.807) is 20.0 Å². The van der Waals surface area contributed by atoms with Crippen LogP contribution in [0.2, 0.25) is 0 Å². The summed E-state index contributed by atoms with van der Waals surface area (Å²) in [6, 6.07) is -2.37. The second-order valence-electron chi connectivity index (χ2n) is 8.81. The maximum atomic E-state index is 11.0. The SMILES string of the molecule is CN[C@@H]1[C@@H](O)[C@H](O[C@@H]2[C@@H](O)[C@@H](O[C@H]3OC(CN)=CC[C@@H]3N)[C@@H](N)C[C@@H]2N)OC[C@]1(C)O. The Balaban J connectivity index is 1.69. The molecule has 1 saturated carbocycles. The molecule has 0 spiro atoms. The molecule has 1 aliphatic carbocycles. The number of rotatable bonds is 6. The zero-order chi connectivity index (χ0) is 22.9. The van der Waals surface area contributed by atoms with Crippen molar-refractivity contribution in [3.63, 3.8) is 0 Å². The number of aliphatic hydroxyl groups is 3. The molecule has 11 atom stereocenters. The molecular weight excluding hydrogens is 410 g/mol. The van der Waals surface area contributed by atoms with Gasteiger partial charge < -0.3 is 62.5 Å². The molecule has 0 aromatic heterocycles. The predicted octanol–water partition coefficient (Wildman–Crippen LogP) is -3.85. The van der Waals surface area contributed by atoms with Gasteiger partial charge in [-0.15, -0.1) is 0 Å². The van der Waals surface area contributed by atoms with Crippen LogP contribution < -0.4 is 28.3 Å². The molecule has 0 amide bonds. The smallest absolute Gasteiger partial charge is 0.215 e. The van der Waals surface area contributed by atoms with E-state index in [1.165, 1.54) is 0 Å². The summed E-state index contributed by atoms with van der Waals surface area (Å²) in [5.41, 5.74) is 22.9. The fraction of sp³-hybridized carbons (Fsp3) is 0.895. The van der Waals surface area contributed by atoms with Crippen LogP contribution in [0.15, 0.2) is 11.8 Å². The molecular formula is C19H37N5O7. The minimum Gasteiger partial charge on any atom is -0.467 e. The zero-order valence-corrected chi connectivity index (χ0v) is 18.0. The third-order valence-electron chi connectivity index (χ3n) is 6.22. The number of aliphatic hydroxyl groups excluding tert-OH is 2. The van der Waals surface area contributed by atoms with Crippen molar-refractivity contribution < 1.29 is 34.3 Å². The highest BCUT2D eigenvalue weighted by Crippen LogP contribution is 2.31. The number of likely N-dealkylation sites (N-methyl/N-ethyl adjacent to an activating group) is 1. The monoisotopic (exact) mass is 447 g/mol. The van der Waals surface area contributed by atoms with E-state index in [0.29, 0.717) is 18.6 Å². The minimum atomic E-state index is -1.29. The van der Waals surface area contributed by atoms with Gasteiger partial charge in [0.2, 0.25) is 6.29 Å². The Kier molecular flexibility index (Phi) is 7.92. The van der Waals surface area contributed by atoms with Crippen LogP contribution in [0.1, 0.15) is 19.8 Å². The fourth-order valence-corrected chi connectivity index (χ4v) is 4.44. The van der Waals surface area contributed by atoms with Crippen LogP contribution >= 0.6 is 0 Å². The maximum absolute atomic E-state index is 11.0. The number of nitrogens with one attached hydrogen (secondary N) is 1. The molecule has 0 aromatic carbocycles. The predicted molar refractivity (Wildman–Crippen MR) is 110 cm³/mol. The summed E-state index contributed by atoms with van der Waals surface area (Å²) < 4.78 is 23.1. The Morgan fingerprint density at radius 1 is 1.10 bits per heavy atom. The van der Waals surface area contributed by atoms with E-state index in [9.17, 15) is 15.3 Å². The molecule has 0 aromatic rings. The van der Waals surface area contributed by atoms with Crippen LogP contribution in [0.5, 0.6) is 0 Å². The van der Waals surface area contributed by atoms with E-state index in [4.69, 9.17) is 41.9 Å². The van der Waals surface area contributed by atoms with E-state index in [-0.39, 0.29) is 13.2 Å². The van der Waals surface area contributed by atoms with Crippen LogP contribution in [0.25, 0.3) is 0 Å². The van der Waals surface area contributed by atoms with Crippen LogP contribution in [0.3, 0.4) is 0 Å². The first-order chi connectivity index (χ1) is 14.6. The first kappa shape index (κ1) is 24.7. The second kappa shape index (κ2) is 9.93. The van der Waals surface area contributed by atoms with Crippen molar-refractivity contribution in [1.82, 2.24) is 5.32 Å². The highest BCUT2D eigenvalue weighted by molar-refractivity contribution is 5.04. The van der Waals surface area contributed by atoms with Gasteiger partial charge in [0.15, 0.2) is 6.29 Å². The van der Waals surface area contributed by atoms with Crippen LogP contribution in [-0.4, -0.2) is 102 Å². The lowest BCUT2D eigenvalue weighted by atomic mass is 9.84. The van der Waals surface area contributed by atoms with Crippen molar-refractivity contribution in [2.75, 3.05) is 20.2 Å². The van der Waals surface area contributed by atoms with Crippen molar-refractivity contribution in [3.05, 3.63) is 11.8 Å². The summed E-state index contributed by atoms with van der Waals surface area (Å²) in [7, 11) is 1.62. The van der Waals surface area contributed by atoms with Gasteiger partial charge in [-0.2, -0.15) is 0 Å². The molecule has 0 bridgehead atoms. The van der Waals surface area contributed by atoms with Gasteiger partial charge in [0.05, 0.1) is 25.2 Å². The van der Waals surface area contributed by atoms with Crippen molar-refractivity contribution in [3.8, 4) is 0 Å². The quantitative estimate of drug-likeness (QED) is 0.196. The number of hydrogen-bond acceptors (Lipinski definition) is 12. The van der Waals surface area contributed by atoms with Gasteiger partial charge in [0.25, 0.3) is 0 Å². The summed E-state index contributed by atoms with van der Waals surface area (Å²) >= 11 is 0. The number of hydrogen-bond donors (Lipinski definition) is 8. The van der Waals surface area contributed by atoms with Crippen molar-refractivity contribution in [2.24, 2.45) is 22.9 Å². The molecule has 12 N–H and O–H groups in total. The lowest BCUT2D eigenvalue weighted by Crippen LogP contribution is -2.68. The molecule has 2 fully saturated rings. The van der Waals surface area contributed by atoms with E-state index < -0.39 is 66.8 Å². The minimum absolute atomic E-state index is 0.0727. The molecule has 31 heavy (non-hydrogen) atoms. The molecule has 1 saturated heterocycles. The Labute approximate surface area is 181 Å². The van der Waals surface area contributed by atoms with Crippen molar-refractivity contribution in [2.45, 2.75) is 86.5 Å². The molecule has 2 heterocycles. The summed E-state index contributed by atoms with van der Waals surface area (Å²) in [6.45, 7) is 1.68. The Morgan fingerprint density at radius 2 is 1.71 bits per heavy atom. The largest absolute Gasteiger partial charge is 0.467 e. The van der Waals surface area contributed by atoms with Crippen LogP contribution in [0, 0.1) is 0 Å². The molecule has 12 nitrogen and oxygen atoms in total. The van der Waals surface area contributed by atoms with Gasteiger partial charge in [-0.1, -0.05) is 0 Å². The topological polar surface area (TPSA) is 214 Å². The van der Waals surface area contributed by atoms with E-state index in [0.717, 1.165) is 0 Å². The van der Waals surface area contributed by atoms with Gasteiger partial charge in [-0.3, -0.25) is 0 Å². The Hall–Kier alpha value is -0.900. The third-order valence-corrected chi connectivity index (χ3v) is 6.22. The van der Waals surface area contributed by atoms with Gasteiger partial charge in [-0.25, -0.2) is 0 Å². The average molecular weight is 448 g/mol. The highest BCUT2D eigenvalue weighted by atomic mass is 16.7. The van der Waals surface area contributed by atoms with E-state index in [1.807, 2.05) is 0 Å². The fourth-order valence-electron chi connectivity index (χ4n) is 4.44. The summed E-state index contributed by atoms with van der Waals surface area (Å²) in [6.07, 6.45) is -3.56. The lowest BCUT2D eigenvalue weighted by Gasteiger charge is -2.48. The zero-order valence-electron chi connectivity index (χ0n) is 18.0. The number of nitrogens with two attached hydrogens (primary N) is 4. The van der Waals surface area contributed by atoms with Crippen LogP contribution in [-0.2, 0) is 18.9 Å². The number of ether oxygens (including phenoxy) is 4. The van der Waals surface area contributed by atoms with Gasteiger partial charge in [0.1, 0.15) is 35.8 Å². The van der Waals surface area contributed by atoms with Crippen LogP contribution in [0.4, 0.5) is 0 Å². The van der Waals surface area contributed by atoms with Gasteiger partial charge >= 0.3 is 0 Å². The standard InChI is InChI=1S/C19H37N5O7/c1-19(27)7-28-18(13(26)16(19)24-2)31-15-11(23)5-10(22)14(12(15)25)30-17-9(21)4-3-8(6-20)29-17/h3,9-18,24-27H,4-7,20-23H2,1-2H3/t9-,10-,11-,12-,13+,14-,15-,16+,17+,18-,19-/m0/s1. The van der Waals surface area contributed by atoms with Crippen molar-refractivity contribution in [1.29, 1.82) is 0 Å². The van der Waals surface area contributed by atoms with E-state index >= 15 is 0 Å². The highest BCUT2D eigenvalue weighted by Gasteiger charge is 2.50. The molecule has 180 valence electrons. The first-order valence-electron chi connectivity index (χ1n) is 10.6. The first-order valence-corrected chi connectivity index (χ1v) is 10.6. The van der Waals surface area contributed by atoms with E-state index in [2.05, 4.69) is 5.32 Å². The molecule has 2 aliphatic heterocycles. The summed E-state index contributed by atoms with van der Waals surface area (Å²) in [5.74, 6) is 0.555. The Bertz CT molecular complexity index is 639. The molecule has 0 radical (unpaired) electrons. The van der Waals surface area contributed by atoms with Gasteiger partial charge in [0, 0.05) is 12.1 Å². The maximum Gasteiger partial charge on any atom is 0.215 e. The summed E-state index contributed by atoms with van der Waals surface area (Å²) in [4.78, 5) is 0. The normalized spacial score (nSPS) is 48.7. The second-order valence-corrected chi connectivity index (χ2v) is 8.81. The Morgan fingerprint density at radius 3 is 2.29 bits per heavy atom. The molecule has 12 heteroatoms. The van der Waals surface area contributed by atoms with Crippen molar-refractivity contribution >= 4 is 0 Å². The lowest BCUT2D eigenvalue weighted by molar-refractivity contribution is -0.303. The van der Waals surface area contributed by atoms with Gasteiger partial charge in [-0.05, 0) is 32.9 Å². The molecule has 3 aliphatic rings. The third kappa shape index (κ3) is 5.20. The molecule has 3 rings (SSSR count). The summed E-state index contributed by atoms with van der Waals surface area (Å²) in [5, 5.41) is 34.9. The molecule has 0 unspecified atom stereocenters.